The van der Waals surface area contributed by atoms with Gasteiger partial charge in [0.1, 0.15) is 5.75 Å². The number of benzene rings is 1. The number of anilines is 1. The molecule has 2 N–H and O–H groups in total. The van der Waals surface area contributed by atoms with Gasteiger partial charge in [0.15, 0.2) is 5.69 Å². The summed E-state index contributed by atoms with van der Waals surface area (Å²) in [6, 6.07) is 3.93. The summed E-state index contributed by atoms with van der Waals surface area (Å²) >= 11 is 0. The lowest BCUT2D eigenvalue weighted by Gasteiger charge is -2.24. The third kappa shape index (κ3) is 2.58. The smallest absolute Gasteiger partial charge is 0.296 e. The molecular weight excluding hydrogens is 236 g/mol. The van der Waals surface area contributed by atoms with E-state index < -0.39 is 4.92 Å². The molecule has 6 heteroatoms. The van der Waals surface area contributed by atoms with Crippen molar-refractivity contribution in [3.63, 3.8) is 0 Å². The molecule has 1 aromatic rings. The number of nitrogens with zero attached hydrogens (tertiary/aromatic N) is 1. The first-order valence-electron chi connectivity index (χ1n) is 5.84. The molecule has 0 aromatic heterocycles. The van der Waals surface area contributed by atoms with Crippen LogP contribution in [0.25, 0.3) is 0 Å². The Morgan fingerprint density at radius 1 is 1.50 bits per heavy atom. The predicted octanol–water partition coefficient (Wildman–Crippen LogP) is 2.43. The van der Waals surface area contributed by atoms with Gasteiger partial charge >= 0.3 is 0 Å². The van der Waals surface area contributed by atoms with Gasteiger partial charge in [0.25, 0.3) is 5.69 Å². The van der Waals surface area contributed by atoms with E-state index in [2.05, 4.69) is 5.32 Å². The zero-order valence-corrected chi connectivity index (χ0v) is 9.76. The molecule has 0 saturated heterocycles. The number of carbonyl (C=O) groups is 1. The maximum absolute atomic E-state index is 11.7. The predicted molar refractivity (Wildman–Crippen MR) is 65.3 cm³/mol. The lowest BCUT2D eigenvalue weighted by atomic mass is 9.83. The highest BCUT2D eigenvalue weighted by Crippen LogP contribution is 2.34. The van der Waals surface area contributed by atoms with Gasteiger partial charge in [-0.1, -0.05) is 12.5 Å². The molecule has 0 spiro atoms. The maximum Gasteiger partial charge on any atom is 0.296 e. The van der Waals surface area contributed by atoms with E-state index in [0.717, 1.165) is 19.3 Å². The van der Waals surface area contributed by atoms with E-state index in [0.29, 0.717) is 12.3 Å². The van der Waals surface area contributed by atoms with Gasteiger partial charge in [-0.2, -0.15) is 0 Å². The summed E-state index contributed by atoms with van der Waals surface area (Å²) in [6.07, 6.45) is 3.53. The number of aromatic hydroxyl groups is 1. The number of rotatable bonds is 4. The van der Waals surface area contributed by atoms with Gasteiger partial charge in [0.2, 0.25) is 5.91 Å². The van der Waals surface area contributed by atoms with Crippen molar-refractivity contribution in [2.24, 2.45) is 5.92 Å². The molecule has 6 nitrogen and oxygen atoms in total. The molecule has 1 amide bonds. The number of amides is 1. The van der Waals surface area contributed by atoms with E-state index in [1.165, 1.54) is 18.2 Å². The molecule has 2 rings (SSSR count). The molecule has 18 heavy (non-hydrogen) atoms. The maximum atomic E-state index is 11.7. The SMILES string of the molecule is O=C(CC1CCC1)Nc1c(O)cccc1[N+](=O)[O-]. The van der Waals surface area contributed by atoms with E-state index in [-0.39, 0.29) is 23.0 Å². The monoisotopic (exact) mass is 250 g/mol. The molecule has 1 aliphatic carbocycles. The third-order valence-corrected chi connectivity index (χ3v) is 3.18. The Kier molecular flexibility index (Phi) is 3.45. The second-order valence-electron chi connectivity index (χ2n) is 4.48. The van der Waals surface area contributed by atoms with Crippen LogP contribution in [-0.2, 0) is 4.79 Å². The van der Waals surface area contributed by atoms with Crippen LogP contribution in [0.5, 0.6) is 5.75 Å². The van der Waals surface area contributed by atoms with Crippen LogP contribution in [0, 0.1) is 16.0 Å². The molecule has 1 aliphatic rings. The molecule has 1 saturated carbocycles. The summed E-state index contributed by atoms with van der Waals surface area (Å²) in [5.41, 5.74) is -0.413. The number of nitrogens with one attached hydrogen (secondary N) is 1. The van der Waals surface area contributed by atoms with Crippen molar-refractivity contribution in [3.05, 3.63) is 28.3 Å². The Hall–Kier alpha value is -2.11. The van der Waals surface area contributed by atoms with Crippen molar-refractivity contribution in [1.82, 2.24) is 0 Å². The molecular formula is C12H14N2O4. The second kappa shape index (κ2) is 5.03. The highest BCUT2D eigenvalue weighted by Gasteiger charge is 2.24. The van der Waals surface area contributed by atoms with Gasteiger partial charge in [-0.05, 0) is 24.8 Å². The zero-order chi connectivity index (χ0) is 13.1. The number of hydrogen-bond donors (Lipinski definition) is 2. The fourth-order valence-electron chi connectivity index (χ4n) is 1.96. The van der Waals surface area contributed by atoms with Crippen molar-refractivity contribution in [2.75, 3.05) is 5.32 Å². The highest BCUT2D eigenvalue weighted by atomic mass is 16.6. The van der Waals surface area contributed by atoms with Crippen LogP contribution in [-0.4, -0.2) is 15.9 Å². The quantitative estimate of drug-likeness (QED) is 0.487. The first-order chi connectivity index (χ1) is 8.58. The van der Waals surface area contributed by atoms with Crippen LogP contribution >= 0.6 is 0 Å². The van der Waals surface area contributed by atoms with Gasteiger partial charge in [0.05, 0.1) is 4.92 Å². The van der Waals surface area contributed by atoms with Crippen LogP contribution in [0.15, 0.2) is 18.2 Å². The summed E-state index contributed by atoms with van der Waals surface area (Å²) in [5, 5.41) is 22.8. The minimum absolute atomic E-state index is 0.119. The summed E-state index contributed by atoms with van der Waals surface area (Å²) in [5.74, 6) is -0.203. The lowest BCUT2D eigenvalue weighted by molar-refractivity contribution is -0.384. The van der Waals surface area contributed by atoms with Crippen molar-refractivity contribution < 1.29 is 14.8 Å². The topological polar surface area (TPSA) is 92.5 Å². The van der Waals surface area contributed by atoms with Gasteiger partial charge in [-0.15, -0.1) is 0 Å². The van der Waals surface area contributed by atoms with Crippen molar-refractivity contribution in [3.8, 4) is 5.75 Å². The lowest BCUT2D eigenvalue weighted by Crippen LogP contribution is -2.21. The Labute approximate surface area is 104 Å². The first kappa shape index (κ1) is 12.3. The minimum atomic E-state index is -0.626. The van der Waals surface area contributed by atoms with E-state index in [4.69, 9.17) is 0 Å². The fraction of sp³-hybridized carbons (Fsp3) is 0.417. The number of nitro benzene ring substituents is 1. The van der Waals surface area contributed by atoms with Crippen molar-refractivity contribution in [2.45, 2.75) is 25.7 Å². The number of hydrogen-bond acceptors (Lipinski definition) is 4. The van der Waals surface area contributed by atoms with Crippen LogP contribution in [0.3, 0.4) is 0 Å². The summed E-state index contributed by atoms with van der Waals surface area (Å²) in [6.45, 7) is 0. The van der Waals surface area contributed by atoms with Gasteiger partial charge in [-0.25, -0.2) is 0 Å². The average Bonchev–Trinajstić information content (AvgIpc) is 2.26. The molecule has 0 aliphatic heterocycles. The van der Waals surface area contributed by atoms with Crippen molar-refractivity contribution in [1.29, 1.82) is 0 Å². The van der Waals surface area contributed by atoms with Crippen LogP contribution in [0.4, 0.5) is 11.4 Å². The zero-order valence-electron chi connectivity index (χ0n) is 9.76. The van der Waals surface area contributed by atoms with E-state index >= 15 is 0 Å². The Balaban J connectivity index is 2.11. The average molecular weight is 250 g/mol. The van der Waals surface area contributed by atoms with Crippen molar-refractivity contribution >= 4 is 17.3 Å². The molecule has 0 unspecified atom stereocenters. The summed E-state index contributed by atoms with van der Waals surface area (Å²) < 4.78 is 0. The Morgan fingerprint density at radius 2 is 2.22 bits per heavy atom. The molecule has 1 aromatic carbocycles. The second-order valence-corrected chi connectivity index (χ2v) is 4.48. The number of phenolic OH excluding ortho intramolecular Hbond substituents is 1. The van der Waals surface area contributed by atoms with Crippen LogP contribution in [0.2, 0.25) is 0 Å². The number of para-hydroxylation sites is 1. The van der Waals surface area contributed by atoms with E-state index in [1.807, 2.05) is 0 Å². The van der Waals surface area contributed by atoms with E-state index in [9.17, 15) is 20.0 Å². The largest absolute Gasteiger partial charge is 0.505 e. The molecule has 1 fully saturated rings. The third-order valence-electron chi connectivity index (χ3n) is 3.18. The molecule has 0 radical (unpaired) electrons. The number of nitro groups is 1. The standard InChI is InChI=1S/C12H14N2O4/c15-10-6-2-5-9(14(17)18)12(10)13-11(16)7-8-3-1-4-8/h2,5-6,8,15H,1,3-4,7H2,(H,13,16). The Bertz CT molecular complexity index is 483. The molecule has 0 atom stereocenters. The van der Waals surface area contributed by atoms with E-state index in [1.54, 1.807) is 0 Å². The van der Waals surface area contributed by atoms with Crippen LogP contribution < -0.4 is 5.32 Å². The summed E-state index contributed by atoms with van der Waals surface area (Å²) in [7, 11) is 0. The Morgan fingerprint density at radius 3 is 2.78 bits per heavy atom. The number of carbonyl (C=O) groups excluding carboxylic acids is 1. The summed E-state index contributed by atoms with van der Waals surface area (Å²) in [4.78, 5) is 21.9. The molecule has 0 heterocycles. The molecule has 0 bridgehead atoms. The van der Waals surface area contributed by atoms with Gasteiger partial charge < -0.3 is 10.4 Å². The van der Waals surface area contributed by atoms with Gasteiger partial charge in [-0.3, -0.25) is 14.9 Å². The fourth-order valence-corrected chi connectivity index (χ4v) is 1.96. The minimum Gasteiger partial charge on any atom is -0.505 e. The first-order valence-corrected chi connectivity index (χ1v) is 5.84. The normalized spacial score (nSPS) is 14.9. The highest BCUT2D eigenvalue weighted by molar-refractivity contribution is 5.95. The molecule has 96 valence electrons. The number of phenols is 1. The van der Waals surface area contributed by atoms with Gasteiger partial charge in [0, 0.05) is 12.5 Å². The van der Waals surface area contributed by atoms with Crippen LogP contribution in [0.1, 0.15) is 25.7 Å².